The van der Waals surface area contributed by atoms with Crippen molar-refractivity contribution in [2.24, 2.45) is 7.05 Å². The largest absolute Gasteiger partial charge is 0.495 e. The zero-order valence-electron chi connectivity index (χ0n) is 15.3. The summed E-state index contributed by atoms with van der Waals surface area (Å²) in [4.78, 5) is 4.79. The van der Waals surface area contributed by atoms with Gasteiger partial charge in [-0.15, -0.1) is 0 Å². The number of aryl methyl sites for hydroxylation is 1. The first kappa shape index (κ1) is 19.1. The predicted octanol–water partition coefficient (Wildman–Crippen LogP) is 4.30. The lowest BCUT2D eigenvalue weighted by Crippen LogP contribution is -2.07. The van der Waals surface area contributed by atoms with Crippen molar-refractivity contribution in [2.75, 3.05) is 11.8 Å². The molecule has 0 aliphatic carbocycles. The first-order valence-corrected chi connectivity index (χ1v) is 9.18. The molecule has 0 fully saturated rings. The molecule has 3 aromatic heterocycles. The average molecular weight is 420 g/mol. The smallest absolute Gasteiger partial charge is 0.416 e. The number of methoxy groups -OCH3 is 1. The Balaban J connectivity index is 1.59. The summed E-state index contributed by atoms with van der Waals surface area (Å²) in [5.74, 6) is 0.745. The molecule has 0 aliphatic rings. The number of hydrogen-bond donors (Lipinski definition) is 1. The highest BCUT2D eigenvalue weighted by Crippen LogP contribution is 2.36. The van der Waals surface area contributed by atoms with Crippen LogP contribution in [-0.4, -0.2) is 31.7 Å². The molecule has 150 valence electrons. The van der Waals surface area contributed by atoms with Gasteiger partial charge in [0.25, 0.3) is 0 Å². The third kappa shape index (κ3) is 3.73. The van der Waals surface area contributed by atoms with Crippen molar-refractivity contribution in [2.45, 2.75) is 11.1 Å². The van der Waals surface area contributed by atoms with E-state index in [2.05, 4.69) is 19.9 Å². The maximum Gasteiger partial charge on any atom is 0.416 e. The van der Waals surface area contributed by atoms with Crippen molar-refractivity contribution >= 4 is 28.5 Å². The van der Waals surface area contributed by atoms with Gasteiger partial charge >= 0.3 is 6.18 Å². The van der Waals surface area contributed by atoms with Crippen LogP contribution >= 0.6 is 11.9 Å². The second-order valence-electron chi connectivity index (χ2n) is 6.08. The molecular formula is C18H15F3N6OS. The van der Waals surface area contributed by atoms with Gasteiger partial charge in [0.1, 0.15) is 5.75 Å². The van der Waals surface area contributed by atoms with Crippen LogP contribution in [0, 0.1) is 0 Å². The molecule has 4 aromatic rings. The van der Waals surface area contributed by atoms with Crippen LogP contribution in [0.2, 0.25) is 0 Å². The van der Waals surface area contributed by atoms with Crippen LogP contribution in [0.1, 0.15) is 5.56 Å². The Hall–Kier alpha value is -3.21. The van der Waals surface area contributed by atoms with E-state index < -0.39 is 11.7 Å². The Kier molecular flexibility index (Phi) is 4.82. The minimum atomic E-state index is -4.44. The number of rotatable bonds is 5. The normalized spacial score (nSPS) is 11.8. The highest BCUT2D eigenvalue weighted by molar-refractivity contribution is 8.00. The van der Waals surface area contributed by atoms with Crippen LogP contribution in [0.5, 0.6) is 5.75 Å². The van der Waals surface area contributed by atoms with Gasteiger partial charge in [0.15, 0.2) is 5.82 Å². The van der Waals surface area contributed by atoms with Gasteiger partial charge in [0.05, 0.1) is 47.4 Å². The summed E-state index contributed by atoms with van der Waals surface area (Å²) in [6, 6.07) is 5.64. The first-order valence-electron chi connectivity index (χ1n) is 8.36. The molecule has 3 heterocycles. The molecule has 0 saturated carbocycles. The zero-order chi connectivity index (χ0) is 20.6. The molecule has 0 radical (unpaired) electrons. The number of fused-ring (bicyclic) bond motifs is 1. The van der Waals surface area contributed by atoms with E-state index >= 15 is 0 Å². The van der Waals surface area contributed by atoms with Crippen molar-refractivity contribution < 1.29 is 17.9 Å². The quantitative estimate of drug-likeness (QED) is 0.486. The molecule has 4 rings (SSSR count). The number of nitrogens with one attached hydrogen (secondary N) is 1. The minimum absolute atomic E-state index is 0.0733. The minimum Gasteiger partial charge on any atom is -0.495 e. The van der Waals surface area contributed by atoms with E-state index in [4.69, 9.17) is 4.74 Å². The molecule has 0 saturated heterocycles. The molecule has 0 amide bonds. The van der Waals surface area contributed by atoms with Crippen LogP contribution in [0.4, 0.5) is 18.9 Å². The SMILES string of the molecule is COc1ccc2cnn(C)c2c1SNc1cnn(-c2cc(C(F)(F)F)ccn2)c1. The summed E-state index contributed by atoms with van der Waals surface area (Å²) in [6.45, 7) is 0. The molecule has 11 heteroatoms. The van der Waals surface area contributed by atoms with Gasteiger partial charge < -0.3 is 9.46 Å². The third-order valence-electron chi connectivity index (χ3n) is 4.20. The third-order valence-corrected chi connectivity index (χ3v) is 5.14. The Morgan fingerprint density at radius 1 is 1.14 bits per heavy atom. The number of anilines is 1. The summed E-state index contributed by atoms with van der Waals surface area (Å²) in [6.07, 6.45) is 1.49. The number of benzene rings is 1. The van der Waals surface area contributed by atoms with Crippen molar-refractivity contribution in [3.8, 4) is 11.6 Å². The summed E-state index contributed by atoms with van der Waals surface area (Å²) in [5, 5.41) is 9.32. The fourth-order valence-corrected chi connectivity index (χ4v) is 3.73. The molecule has 7 nitrogen and oxygen atoms in total. The highest BCUT2D eigenvalue weighted by atomic mass is 32.2. The maximum absolute atomic E-state index is 12.9. The van der Waals surface area contributed by atoms with Gasteiger partial charge in [-0.05, 0) is 36.2 Å². The summed E-state index contributed by atoms with van der Waals surface area (Å²) in [5.41, 5.74) is 0.707. The monoisotopic (exact) mass is 420 g/mol. The highest BCUT2D eigenvalue weighted by Gasteiger charge is 2.31. The average Bonchev–Trinajstić information content (AvgIpc) is 3.33. The molecule has 29 heavy (non-hydrogen) atoms. The second kappa shape index (κ2) is 7.32. The molecule has 1 N–H and O–H groups in total. The Labute approximate surface area is 167 Å². The van der Waals surface area contributed by atoms with Crippen molar-refractivity contribution in [3.63, 3.8) is 0 Å². The lowest BCUT2D eigenvalue weighted by Gasteiger charge is -2.11. The number of alkyl halides is 3. The summed E-state index contributed by atoms with van der Waals surface area (Å²) in [7, 11) is 3.42. The lowest BCUT2D eigenvalue weighted by molar-refractivity contribution is -0.137. The van der Waals surface area contributed by atoms with Gasteiger partial charge in [-0.25, -0.2) is 9.67 Å². The predicted molar refractivity (Wildman–Crippen MR) is 103 cm³/mol. The molecule has 0 atom stereocenters. The number of pyridine rings is 1. The van der Waals surface area contributed by atoms with E-state index in [-0.39, 0.29) is 5.82 Å². The van der Waals surface area contributed by atoms with Crippen molar-refractivity contribution in [1.82, 2.24) is 24.5 Å². The number of halogens is 3. The number of ether oxygens (including phenoxy) is 1. The van der Waals surface area contributed by atoms with E-state index in [0.29, 0.717) is 11.4 Å². The van der Waals surface area contributed by atoms with E-state index in [1.165, 1.54) is 22.8 Å². The Morgan fingerprint density at radius 2 is 1.97 bits per heavy atom. The number of hydrogen-bond acceptors (Lipinski definition) is 6. The van der Waals surface area contributed by atoms with E-state index in [0.717, 1.165) is 34.1 Å². The van der Waals surface area contributed by atoms with Gasteiger partial charge in [-0.2, -0.15) is 23.4 Å². The van der Waals surface area contributed by atoms with Crippen molar-refractivity contribution in [3.05, 3.63) is 54.6 Å². The fourth-order valence-electron chi connectivity index (χ4n) is 2.80. The van der Waals surface area contributed by atoms with E-state index in [9.17, 15) is 13.2 Å². The number of aromatic nitrogens is 5. The second-order valence-corrected chi connectivity index (χ2v) is 6.90. The van der Waals surface area contributed by atoms with Gasteiger partial charge in [0.2, 0.25) is 0 Å². The summed E-state index contributed by atoms with van der Waals surface area (Å²) >= 11 is 1.30. The summed E-state index contributed by atoms with van der Waals surface area (Å²) < 4.78 is 50.3. The molecule has 0 unspecified atom stereocenters. The van der Waals surface area contributed by atoms with E-state index in [1.54, 1.807) is 24.2 Å². The lowest BCUT2D eigenvalue weighted by atomic mass is 10.2. The van der Waals surface area contributed by atoms with Crippen LogP contribution in [0.3, 0.4) is 0 Å². The Morgan fingerprint density at radius 3 is 2.72 bits per heavy atom. The maximum atomic E-state index is 12.9. The van der Waals surface area contributed by atoms with Crippen molar-refractivity contribution in [1.29, 1.82) is 0 Å². The van der Waals surface area contributed by atoms with Crippen LogP contribution in [0.25, 0.3) is 16.7 Å². The molecular weight excluding hydrogens is 405 g/mol. The van der Waals surface area contributed by atoms with Gasteiger partial charge in [0, 0.05) is 18.6 Å². The topological polar surface area (TPSA) is 69.8 Å². The zero-order valence-corrected chi connectivity index (χ0v) is 16.1. The van der Waals surface area contributed by atoms with Gasteiger partial charge in [-0.1, -0.05) is 0 Å². The van der Waals surface area contributed by atoms with Crippen LogP contribution in [0.15, 0.2) is 53.9 Å². The molecule has 1 aromatic carbocycles. The standard InChI is InChI=1S/C18H15F3N6OS/c1-26-16-11(8-23-26)3-4-14(28-2)17(16)29-25-13-9-24-27(10-13)15-7-12(5-6-22-15)18(19,20)21/h3-10,25H,1-2H3. The van der Waals surface area contributed by atoms with Crippen LogP contribution in [-0.2, 0) is 13.2 Å². The van der Waals surface area contributed by atoms with E-state index in [1.807, 2.05) is 19.2 Å². The van der Waals surface area contributed by atoms with Crippen LogP contribution < -0.4 is 9.46 Å². The van der Waals surface area contributed by atoms with Gasteiger partial charge in [-0.3, -0.25) is 4.68 Å². The first-order chi connectivity index (χ1) is 13.9. The molecule has 0 bridgehead atoms. The molecule has 0 spiro atoms. The fraction of sp³-hybridized carbons (Fsp3) is 0.167. The Bertz CT molecular complexity index is 1170. The number of nitrogens with zero attached hydrogens (tertiary/aromatic N) is 5. The molecule has 0 aliphatic heterocycles.